The van der Waals surface area contributed by atoms with Crippen molar-refractivity contribution in [2.75, 3.05) is 24.7 Å². The molecule has 1 aliphatic rings. The topological polar surface area (TPSA) is 95.9 Å². The summed E-state index contributed by atoms with van der Waals surface area (Å²) in [5, 5.41) is 0.952. The highest BCUT2D eigenvalue weighted by atomic mass is 31.2. The van der Waals surface area contributed by atoms with Crippen molar-refractivity contribution < 1.29 is 9.30 Å². The molecule has 1 saturated heterocycles. The Bertz CT molecular complexity index is 1140. The van der Waals surface area contributed by atoms with Crippen LogP contribution in [0.2, 0.25) is 0 Å². The molecule has 0 amide bonds. The van der Waals surface area contributed by atoms with Gasteiger partial charge in [0.25, 0.3) is 0 Å². The predicted octanol–water partition coefficient (Wildman–Crippen LogP) is 5.71. The van der Waals surface area contributed by atoms with Gasteiger partial charge in [-0.15, -0.1) is 0 Å². The number of hydrogen-bond acceptors (Lipinski definition) is 6. The number of fused-ring (bicyclic) bond motifs is 1. The molecule has 0 radical (unpaired) electrons. The van der Waals surface area contributed by atoms with Crippen LogP contribution < -0.4 is 11.0 Å². The summed E-state index contributed by atoms with van der Waals surface area (Å²) in [6.07, 6.45) is 6.26. The fourth-order valence-electron chi connectivity index (χ4n) is 4.65. The highest BCUT2D eigenvalue weighted by Crippen LogP contribution is 2.46. The van der Waals surface area contributed by atoms with E-state index >= 15 is 0 Å². The minimum atomic E-state index is -2.37. The molecule has 1 unspecified atom stereocenters. The summed E-state index contributed by atoms with van der Waals surface area (Å²) >= 11 is 0. The van der Waals surface area contributed by atoms with Crippen LogP contribution in [0.4, 0.5) is 5.82 Å². The van der Waals surface area contributed by atoms with Gasteiger partial charge in [-0.3, -0.25) is 4.57 Å². The van der Waals surface area contributed by atoms with Crippen LogP contribution in [0, 0.1) is 0 Å². The standard InChI is InChI=1S/C25H36N5O2P/c1-5-15-33(31,16-6-2)19-12-10-18(11-13-19)24-27-21-22(26)28-23(17(3)4)29-25(21)30(24)20-9-7-8-14-32-20/h10-13,17,20H,5-9,14-16H2,1-4H3,(H2,26,28,29). The number of imidazole rings is 1. The first kappa shape index (κ1) is 23.9. The highest BCUT2D eigenvalue weighted by molar-refractivity contribution is 7.71. The second kappa shape index (κ2) is 9.94. The Labute approximate surface area is 196 Å². The first-order valence-corrected chi connectivity index (χ1v) is 14.3. The summed E-state index contributed by atoms with van der Waals surface area (Å²) in [5.41, 5.74) is 8.60. The summed E-state index contributed by atoms with van der Waals surface area (Å²) in [6, 6.07) is 8.09. The van der Waals surface area contributed by atoms with Crippen molar-refractivity contribution in [1.82, 2.24) is 19.5 Å². The second-order valence-corrected chi connectivity index (χ2v) is 12.5. The number of hydrogen-bond donors (Lipinski definition) is 1. The van der Waals surface area contributed by atoms with Crippen molar-refractivity contribution in [3.8, 4) is 11.4 Å². The lowest BCUT2D eigenvalue weighted by molar-refractivity contribution is -0.0287. The third-order valence-corrected chi connectivity index (χ3v) is 9.89. The molecule has 1 aromatic carbocycles. The number of rotatable bonds is 8. The summed E-state index contributed by atoms with van der Waals surface area (Å²) in [5.74, 6) is 2.03. The molecule has 0 saturated carbocycles. The molecule has 8 heteroatoms. The van der Waals surface area contributed by atoms with Crippen LogP contribution >= 0.6 is 7.14 Å². The fourth-order valence-corrected chi connectivity index (χ4v) is 7.53. The maximum atomic E-state index is 13.6. The van der Waals surface area contributed by atoms with Crippen molar-refractivity contribution >= 4 is 29.4 Å². The van der Waals surface area contributed by atoms with Crippen LogP contribution in [0.3, 0.4) is 0 Å². The van der Waals surface area contributed by atoms with E-state index in [1.54, 1.807) is 0 Å². The molecule has 0 aliphatic carbocycles. The lowest BCUT2D eigenvalue weighted by Crippen LogP contribution is -2.20. The van der Waals surface area contributed by atoms with E-state index in [-0.39, 0.29) is 12.1 Å². The lowest BCUT2D eigenvalue weighted by atomic mass is 10.1. The average Bonchev–Trinajstić information content (AvgIpc) is 3.20. The maximum absolute atomic E-state index is 13.6. The lowest BCUT2D eigenvalue weighted by Gasteiger charge is -2.26. The van der Waals surface area contributed by atoms with Crippen LogP contribution in [0.1, 0.15) is 77.8 Å². The van der Waals surface area contributed by atoms with Gasteiger partial charge in [-0.1, -0.05) is 52.0 Å². The largest absolute Gasteiger partial charge is 0.382 e. The molecule has 2 N–H and O–H groups in total. The maximum Gasteiger partial charge on any atom is 0.168 e. The van der Waals surface area contributed by atoms with Gasteiger partial charge in [-0.25, -0.2) is 15.0 Å². The molecule has 4 rings (SSSR count). The Hall–Kier alpha value is -2.24. The van der Waals surface area contributed by atoms with Gasteiger partial charge in [0.1, 0.15) is 25.0 Å². The highest BCUT2D eigenvalue weighted by Gasteiger charge is 2.27. The number of nitrogens with two attached hydrogens (primary N) is 1. The predicted molar refractivity (Wildman–Crippen MR) is 136 cm³/mol. The zero-order valence-electron chi connectivity index (χ0n) is 20.3. The molecule has 3 heterocycles. The Kier molecular flexibility index (Phi) is 7.20. The van der Waals surface area contributed by atoms with Gasteiger partial charge in [0.2, 0.25) is 0 Å². The number of anilines is 1. The summed E-state index contributed by atoms with van der Waals surface area (Å²) in [7, 11) is -2.37. The number of nitrogens with zero attached hydrogens (tertiary/aromatic N) is 4. The van der Waals surface area contributed by atoms with E-state index < -0.39 is 7.14 Å². The summed E-state index contributed by atoms with van der Waals surface area (Å²) in [4.78, 5) is 14.2. The first-order valence-electron chi connectivity index (χ1n) is 12.2. The molecule has 0 spiro atoms. The molecular formula is C25H36N5O2P. The minimum Gasteiger partial charge on any atom is -0.382 e. The van der Waals surface area contributed by atoms with Gasteiger partial charge < -0.3 is 15.0 Å². The molecule has 33 heavy (non-hydrogen) atoms. The van der Waals surface area contributed by atoms with Gasteiger partial charge in [-0.2, -0.15) is 0 Å². The van der Waals surface area contributed by atoms with E-state index in [2.05, 4.69) is 37.2 Å². The number of ether oxygens (including phenoxy) is 1. The van der Waals surface area contributed by atoms with Gasteiger partial charge in [0.15, 0.2) is 17.0 Å². The van der Waals surface area contributed by atoms with Crippen LogP contribution in [0.5, 0.6) is 0 Å². The molecule has 2 aromatic heterocycles. The van der Waals surface area contributed by atoms with Gasteiger partial charge in [-0.05, 0) is 32.1 Å². The van der Waals surface area contributed by atoms with Crippen molar-refractivity contribution in [2.24, 2.45) is 0 Å². The molecule has 1 fully saturated rings. The van der Waals surface area contributed by atoms with Crippen molar-refractivity contribution in [3.05, 3.63) is 30.1 Å². The quantitative estimate of drug-likeness (QED) is 0.425. The Balaban J connectivity index is 1.84. The SMILES string of the molecule is CCCP(=O)(CCC)c1ccc(-c2nc3c(N)nc(C(C)C)nc3n2C2CCCCO2)cc1. The first-order chi connectivity index (χ1) is 15.9. The molecule has 178 valence electrons. The van der Waals surface area contributed by atoms with E-state index in [1.807, 2.05) is 24.3 Å². The van der Waals surface area contributed by atoms with E-state index in [4.69, 9.17) is 20.4 Å². The molecule has 1 atom stereocenters. The average molecular weight is 470 g/mol. The van der Waals surface area contributed by atoms with Crippen LogP contribution in [-0.4, -0.2) is 38.4 Å². The van der Waals surface area contributed by atoms with Crippen LogP contribution in [0.15, 0.2) is 24.3 Å². The van der Waals surface area contributed by atoms with Gasteiger partial charge >= 0.3 is 0 Å². The van der Waals surface area contributed by atoms with Crippen LogP contribution in [-0.2, 0) is 9.30 Å². The summed E-state index contributed by atoms with van der Waals surface area (Å²) in [6.45, 7) is 9.03. The van der Waals surface area contributed by atoms with Gasteiger partial charge in [0, 0.05) is 35.7 Å². The van der Waals surface area contributed by atoms with Crippen LogP contribution in [0.25, 0.3) is 22.6 Å². The summed E-state index contributed by atoms with van der Waals surface area (Å²) < 4.78 is 21.8. The Morgan fingerprint density at radius 2 is 1.79 bits per heavy atom. The Morgan fingerprint density at radius 1 is 1.09 bits per heavy atom. The van der Waals surface area contributed by atoms with Crippen molar-refractivity contribution in [3.63, 3.8) is 0 Å². The molecular weight excluding hydrogens is 433 g/mol. The monoisotopic (exact) mass is 469 g/mol. The fraction of sp³-hybridized carbons (Fsp3) is 0.560. The molecule has 7 nitrogen and oxygen atoms in total. The van der Waals surface area contributed by atoms with E-state index in [1.165, 1.54) is 0 Å². The third kappa shape index (κ3) is 4.71. The molecule has 0 bridgehead atoms. The molecule has 1 aliphatic heterocycles. The number of aromatic nitrogens is 4. The van der Waals surface area contributed by atoms with E-state index in [0.717, 1.165) is 73.4 Å². The normalized spacial score (nSPS) is 17.2. The van der Waals surface area contributed by atoms with E-state index in [0.29, 0.717) is 17.2 Å². The molecule has 3 aromatic rings. The van der Waals surface area contributed by atoms with Crippen molar-refractivity contribution in [1.29, 1.82) is 0 Å². The Morgan fingerprint density at radius 3 is 2.36 bits per heavy atom. The van der Waals surface area contributed by atoms with Crippen molar-refractivity contribution in [2.45, 2.75) is 71.9 Å². The second-order valence-electron chi connectivity index (χ2n) is 9.30. The van der Waals surface area contributed by atoms with E-state index in [9.17, 15) is 4.57 Å². The number of nitrogen functional groups attached to an aromatic ring is 1. The van der Waals surface area contributed by atoms with Gasteiger partial charge in [0.05, 0.1) is 0 Å². The number of benzene rings is 1. The smallest absolute Gasteiger partial charge is 0.168 e. The third-order valence-electron chi connectivity index (χ3n) is 6.31. The minimum absolute atomic E-state index is 0.140. The zero-order chi connectivity index (χ0) is 23.6. The zero-order valence-corrected chi connectivity index (χ0v) is 21.1.